The number of methoxy groups -OCH3 is 3. The van der Waals surface area contributed by atoms with E-state index in [9.17, 15) is 35.9 Å². The molecule has 1 heterocycles. The Morgan fingerprint density at radius 2 is 1.38 bits per heavy atom. The minimum absolute atomic E-state index is 0.120. The zero-order valence-corrected chi connectivity index (χ0v) is 15.3. The Kier molecular flexibility index (Phi) is 5.77. The Morgan fingerprint density at radius 1 is 0.897 bits per heavy atom. The van der Waals surface area contributed by atoms with Crippen LogP contribution < -0.4 is 9.64 Å². The molecule has 0 saturated heterocycles. The van der Waals surface area contributed by atoms with E-state index >= 15 is 0 Å². The molecule has 0 atom stereocenters. The van der Waals surface area contributed by atoms with Crippen LogP contribution in [0.3, 0.4) is 0 Å². The van der Waals surface area contributed by atoms with Gasteiger partial charge >= 0.3 is 24.3 Å². The predicted molar refractivity (Wildman–Crippen MR) is 86.2 cm³/mol. The van der Waals surface area contributed by atoms with E-state index in [1.165, 1.54) is 7.11 Å². The largest absolute Gasteiger partial charge is 0.497 e. The number of nitrogens with zero attached hydrogens (tertiary/aromatic N) is 1. The molecule has 0 unspecified atom stereocenters. The highest BCUT2D eigenvalue weighted by atomic mass is 19.4. The van der Waals surface area contributed by atoms with Crippen LogP contribution in [0.2, 0.25) is 0 Å². The van der Waals surface area contributed by atoms with Crippen molar-refractivity contribution in [2.45, 2.75) is 17.9 Å². The molecule has 12 heteroatoms. The van der Waals surface area contributed by atoms with Crippen LogP contribution in [0.15, 0.2) is 35.4 Å². The average molecular weight is 427 g/mol. The minimum atomic E-state index is -6.05. The molecule has 0 amide bonds. The molecular weight excluding hydrogens is 412 g/mol. The second-order valence-electron chi connectivity index (χ2n) is 5.83. The summed E-state index contributed by atoms with van der Waals surface area (Å²) in [5.74, 6) is -3.29. The van der Waals surface area contributed by atoms with Gasteiger partial charge < -0.3 is 19.1 Å². The van der Waals surface area contributed by atoms with Crippen molar-refractivity contribution in [1.29, 1.82) is 0 Å². The van der Waals surface area contributed by atoms with E-state index in [4.69, 9.17) is 4.74 Å². The number of anilines is 1. The maximum atomic E-state index is 14.1. The standard InChI is InChI=1S/C17H15F6NO5/c1-27-10-6-4-9(5-7-10)24-8-11(13(25)28-2)12(14(26)29-3)15(24,16(18,19)20)17(21,22)23/h4-7H,8H2,1-3H3. The van der Waals surface area contributed by atoms with Crippen molar-refractivity contribution in [3.63, 3.8) is 0 Å². The minimum Gasteiger partial charge on any atom is -0.497 e. The highest BCUT2D eigenvalue weighted by Gasteiger charge is 2.80. The van der Waals surface area contributed by atoms with E-state index in [-0.39, 0.29) is 10.6 Å². The third-order valence-corrected chi connectivity index (χ3v) is 4.41. The van der Waals surface area contributed by atoms with Gasteiger partial charge in [-0.25, -0.2) is 9.59 Å². The van der Waals surface area contributed by atoms with E-state index in [1.54, 1.807) is 0 Å². The number of rotatable bonds is 4. The SMILES string of the molecule is COC(=O)C1=C(C(=O)OC)C(C(F)(F)F)(C(F)(F)F)N(c2ccc(OC)cc2)C1. The summed E-state index contributed by atoms with van der Waals surface area (Å²) in [6.07, 6.45) is -12.1. The van der Waals surface area contributed by atoms with Crippen molar-refractivity contribution >= 4 is 17.6 Å². The van der Waals surface area contributed by atoms with Crippen LogP contribution in [0.4, 0.5) is 32.0 Å². The summed E-state index contributed by atoms with van der Waals surface area (Å²) in [6, 6.07) is 4.17. The fraction of sp³-hybridized carbons (Fsp3) is 0.412. The molecule has 160 valence electrons. The van der Waals surface area contributed by atoms with Crippen molar-refractivity contribution in [2.24, 2.45) is 0 Å². The van der Waals surface area contributed by atoms with Gasteiger partial charge in [0.05, 0.1) is 39.0 Å². The molecule has 29 heavy (non-hydrogen) atoms. The highest BCUT2D eigenvalue weighted by Crippen LogP contribution is 2.57. The summed E-state index contributed by atoms with van der Waals surface area (Å²) < 4.78 is 97.9. The second kappa shape index (κ2) is 7.48. The molecule has 0 bridgehead atoms. The third kappa shape index (κ3) is 3.36. The lowest BCUT2D eigenvalue weighted by Gasteiger charge is -2.43. The number of ether oxygens (including phenoxy) is 3. The average Bonchev–Trinajstić information content (AvgIpc) is 3.04. The second-order valence-corrected chi connectivity index (χ2v) is 5.83. The molecule has 1 aliphatic heterocycles. The Hall–Kier alpha value is -2.92. The summed E-state index contributed by atoms with van der Waals surface area (Å²) >= 11 is 0. The lowest BCUT2D eigenvalue weighted by molar-refractivity contribution is -0.282. The molecule has 0 spiro atoms. The lowest BCUT2D eigenvalue weighted by atomic mass is 9.86. The molecule has 0 saturated carbocycles. The number of carbonyl (C=O) groups excluding carboxylic acids is 2. The molecule has 2 rings (SSSR count). The number of carbonyl (C=O) groups is 2. The molecule has 0 N–H and O–H groups in total. The van der Waals surface area contributed by atoms with E-state index in [0.717, 1.165) is 31.4 Å². The van der Waals surface area contributed by atoms with Crippen LogP contribution in [0.1, 0.15) is 0 Å². The van der Waals surface area contributed by atoms with Crippen LogP contribution in [-0.4, -0.2) is 57.7 Å². The maximum Gasteiger partial charge on any atom is 0.425 e. The zero-order valence-electron chi connectivity index (χ0n) is 15.3. The first kappa shape index (κ1) is 22.4. The normalized spacial score (nSPS) is 16.7. The molecular formula is C17H15F6NO5. The Balaban J connectivity index is 2.91. The lowest BCUT2D eigenvalue weighted by Crippen LogP contribution is -2.67. The molecule has 1 aromatic carbocycles. The number of hydrogen-bond donors (Lipinski definition) is 0. The first-order chi connectivity index (χ1) is 13.4. The molecule has 0 radical (unpaired) electrons. The summed E-state index contributed by atoms with van der Waals surface area (Å²) in [5.41, 5.74) is -8.38. The molecule has 0 aromatic heterocycles. The molecule has 6 nitrogen and oxygen atoms in total. The molecule has 1 aromatic rings. The van der Waals surface area contributed by atoms with E-state index in [0.29, 0.717) is 7.11 Å². The van der Waals surface area contributed by atoms with E-state index in [2.05, 4.69) is 9.47 Å². The molecule has 0 fully saturated rings. The van der Waals surface area contributed by atoms with Gasteiger partial charge in [-0.15, -0.1) is 0 Å². The number of alkyl halides is 6. The first-order valence-electron chi connectivity index (χ1n) is 7.82. The van der Waals surface area contributed by atoms with Crippen LogP contribution >= 0.6 is 0 Å². The monoisotopic (exact) mass is 427 g/mol. The van der Waals surface area contributed by atoms with Gasteiger partial charge in [-0.3, -0.25) is 0 Å². The van der Waals surface area contributed by atoms with Gasteiger partial charge in [0.25, 0.3) is 5.54 Å². The van der Waals surface area contributed by atoms with Crippen molar-refractivity contribution in [2.75, 3.05) is 32.8 Å². The summed E-state index contributed by atoms with van der Waals surface area (Å²) in [7, 11) is 2.63. The fourth-order valence-corrected chi connectivity index (χ4v) is 3.17. The Bertz CT molecular complexity index is 814. The third-order valence-electron chi connectivity index (χ3n) is 4.41. The number of hydrogen-bond acceptors (Lipinski definition) is 6. The van der Waals surface area contributed by atoms with Crippen LogP contribution in [0.5, 0.6) is 5.75 Å². The van der Waals surface area contributed by atoms with Gasteiger partial charge in [0, 0.05) is 5.69 Å². The van der Waals surface area contributed by atoms with Gasteiger partial charge in [0.15, 0.2) is 0 Å². The van der Waals surface area contributed by atoms with Crippen molar-refractivity contribution in [3.05, 3.63) is 35.4 Å². The van der Waals surface area contributed by atoms with Gasteiger partial charge in [0.1, 0.15) is 5.75 Å². The van der Waals surface area contributed by atoms with Crippen LogP contribution in [-0.2, 0) is 19.1 Å². The van der Waals surface area contributed by atoms with Crippen LogP contribution in [0.25, 0.3) is 0 Å². The van der Waals surface area contributed by atoms with Crippen molar-refractivity contribution < 1.29 is 50.1 Å². The van der Waals surface area contributed by atoms with Crippen molar-refractivity contribution in [1.82, 2.24) is 0 Å². The fourth-order valence-electron chi connectivity index (χ4n) is 3.17. The van der Waals surface area contributed by atoms with Gasteiger partial charge in [-0.2, -0.15) is 26.3 Å². The van der Waals surface area contributed by atoms with Crippen molar-refractivity contribution in [3.8, 4) is 5.75 Å². The first-order valence-corrected chi connectivity index (χ1v) is 7.82. The van der Waals surface area contributed by atoms with Gasteiger partial charge in [-0.05, 0) is 24.3 Å². The zero-order chi connectivity index (χ0) is 22.2. The number of halogens is 6. The van der Waals surface area contributed by atoms with Gasteiger partial charge in [-0.1, -0.05) is 0 Å². The Labute approximate surface area is 160 Å². The molecule has 0 aliphatic carbocycles. The number of benzene rings is 1. The van der Waals surface area contributed by atoms with E-state index in [1.807, 2.05) is 0 Å². The number of esters is 2. The summed E-state index contributed by atoms with van der Waals surface area (Å²) in [4.78, 5) is 24.0. The molecule has 1 aliphatic rings. The summed E-state index contributed by atoms with van der Waals surface area (Å²) in [5, 5.41) is 0. The van der Waals surface area contributed by atoms with E-state index < -0.39 is 53.2 Å². The predicted octanol–water partition coefficient (Wildman–Crippen LogP) is 3.02. The van der Waals surface area contributed by atoms with Gasteiger partial charge in [0.2, 0.25) is 0 Å². The maximum absolute atomic E-state index is 14.1. The smallest absolute Gasteiger partial charge is 0.425 e. The quantitative estimate of drug-likeness (QED) is 0.544. The Morgan fingerprint density at radius 3 is 1.76 bits per heavy atom. The highest BCUT2D eigenvalue weighted by molar-refractivity contribution is 6.05. The van der Waals surface area contributed by atoms with Crippen LogP contribution in [0, 0.1) is 0 Å². The summed E-state index contributed by atoms with van der Waals surface area (Å²) in [6.45, 7) is -1.19. The topological polar surface area (TPSA) is 65.1 Å².